The van der Waals surface area contributed by atoms with E-state index in [0.29, 0.717) is 16.5 Å². The summed E-state index contributed by atoms with van der Waals surface area (Å²) in [6.07, 6.45) is 3.53. The molecular formula is C13H14ClN3O2S. The van der Waals surface area contributed by atoms with Gasteiger partial charge >= 0.3 is 0 Å². The van der Waals surface area contributed by atoms with Gasteiger partial charge in [0, 0.05) is 25.1 Å². The van der Waals surface area contributed by atoms with Gasteiger partial charge in [0.05, 0.1) is 17.9 Å². The highest BCUT2D eigenvalue weighted by Gasteiger charge is 2.08. The van der Waals surface area contributed by atoms with Crippen molar-refractivity contribution in [3.8, 4) is 5.75 Å². The summed E-state index contributed by atoms with van der Waals surface area (Å²) in [6.45, 7) is 0. The molecule has 20 heavy (non-hydrogen) atoms. The molecule has 0 saturated carbocycles. The van der Waals surface area contributed by atoms with Gasteiger partial charge in [-0.2, -0.15) is 0 Å². The zero-order chi connectivity index (χ0) is 14.5. The van der Waals surface area contributed by atoms with Gasteiger partial charge in [0.2, 0.25) is 5.91 Å². The number of anilines is 1. The van der Waals surface area contributed by atoms with E-state index in [1.54, 1.807) is 31.5 Å². The van der Waals surface area contributed by atoms with Gasteiger partial charge in [-0.1, -0.05) is 23.4 Å². The fourth-order valence-corrected chi connectivity index (χ4v) is 2.55. The fraction of sp³-hybridized carbons (Fsp3) is 0.231. The number of thioether (sulfide) groups is 1. The number of aromatic nitrogens is 2. The van der Waals surface area contributed by atoms with E-state index in [1.165, 1.54) is 11.8 Å². The summed E-state index contributed by atoms with van der Waals surface area (Å²) in [7, 11) is 3.43. The Morgan fingerprint density at radius 2 is 2.35 bits per heavy atom. The van der Waals surface area contributed by atoms with Crippen LogP contribution in [0, 0.1) is 0 Å². The Kier molecular flexibility index (Phi) is 4.92. The zero-order valence-electron chi connectivity index (χ0n) is 11.1. The molecule has 1 N–H and O–H groups in total. The number of aryl methyl sites for hydroxylation is 1. The number of halogens is 1. The lowest BCUT2D eigenvalue weighted by Gasteiger charge is -2.08. The number of benzene rings is 1. The van der Waals surface area contributed by atoms with Crippen LogP contribution in [-0.2, 0) is 11.8 Å². The molecule has 0 spiro atoms. The lowest BCUT2D eigenvalue weighted by molar-refractivity contribution is -0.113. The minimum atomic E-state index is -0.112. The normalized spacial score (nSPS) is 10.3. The van der Waals surface area contributed by atoms with Crippen LogP contribution in [0.5, 0.6) is 5.75 Å². The molecule has 2 rings (SSSR count). The molecule has 1 amide bonds. The highest BCUT2D eigenvalue weighted by Crippen LogP contribution is 2.27. The molecule has 0 saturated heterocycles. The van der Waals surface area contributed by atoms with Crippen molar-refractivity contribution in [2.24, 2.45) is 7.05 Å². The molecule has 0 aliphatic rings. The largest absolute Gasteiger partial charge is 0.495 e. The average Bonchev–Trinajstić information content (AvgIpc) is 2.82. The minimum Gasteiger partial charge on any atom is -0.495 e. The molecule has 7 heteroatoms. The first kappa shape index (κ1) is 14.7. The van der Waals surface area contributed by atoms with E-state index < -0.39 is 0 Å². The Balaban J connectivity index is 1.91. The van der Waals surface area contributed by atoms with E-state index in [4.69, 9.17) is 16.3 Å². The molecule has 1 aromatic heterocycles. The van der Waals surface area contributed by atoms with Gasteiger partial charge in [0.25, 0.3) is 0 Å². The molecule has 1 heterocycles. The molecular weight excluding hydrogens is 298 g/mol. The van der Waals surface area contributed by atoms with Crippen LogP contribution in [-0.4, -0.2) is 28.3 Å². The Morgan fingerprint density at radius 1 is 1.55 bits per heavy atom. The number of hydrogen-bond donors (Lipinski definition) is 1. The van der Waals surface area contributed by atoms with Crippen molar-refractivity contribution in [2.75, 3.05) is 18.2 Å². The minimum absolute atomic E-state index is 0.112. The molecule has 0 fully saturated rings. The first-order chi connectivity index (χ1) is 9.60. The highest BCUT2D eigenvalue weighted by atomic mass is 35.5. The molecule has 0 atom stereocenters. The van der Waals surface area contributed by atoms with Crippen LogP contribution < -0.4 is 10.1 Å². The zero-order valence-corrected chi connectivity index (χ0v) is 12.7. The van der Waals surface area contributed by atoms with E-state index >= 15 is 0 Å². The molecule has 106 valence electrons. The molecule has 0 aliphatic heterocycles. The molecule has 2 aromatic rings. The molecule has 0 unspecified atom stereocenters. The van der Waals surface area contributed by atoms with Gasteiger partial charge in [-0.3, -0.25) is 4.79 Å². The summed E-state index contributed by atoms with van der Waals surface area (Å²) in [5.41, 5.74) is 0.640. The fourth-order valence-electron chi connectivity index (χ4n) is 1.56. The maximum atomic E-state index is 11.8. The van der Waals surface area contributed by atoms with Crippen LogP contribution in [0.4, 0.5) is 5.69 Å². The van der Waals surface area contributed by atoms with Crippen LogP contribution >= 0.6 is 23.4 Å². The molecule has 5 nitrogen and oxygen atoms in total. The number of nitrogens with zero attached hydrogens (tertiary/aromatic N) is 2. The second kappa shape index (κ2) is 6.67. The van der Waals surface area contributed by atoms with Gasteiger partial charge in [0.1, 0.15) is 5.75 Å². The quantitative estimate of drug-likeness (QED) is 0.863. The number of carbonyl (C=O) groups excluding carboxylic acids is 1. The summed E-state index contributed by atoms with van der Waals surface area (Å²) in [5.74, 6) is 0.750. The third-order valence-corrected chi connectivity index (χ3v) is 3.90. The van der Waals surface area contributed by atoms with Crippen LogP contribution in [0.1, 0.15) is 0 Å². The Morgan fingerprint density at radius 3 is 2.95 bits per heavy atom. The Bertz CT molecular complexity index is 615. The second-order valence-electron chi connectivity index (χ2n) is 4.01. The lowest BCUT2D eigenvalue weighted by atomic mass is 10.3. The van der Waals surface area contributed by atoms with Crippen molar-refractivity contribution in [2.45, 2.75) is 5.16 Å². The van der Waals surface area contributed by atoms with Crippen molar-refractivity contribution in [1.82, 2.24) is 9.55 Å². The first-order valence-corrected chi connectivity index (χ1v) is 7.20. The van der Waals surface area contributed by atoms with Crippen LogP contribution in [0.2, 0.25) is 5.02 Å². The summed E-state index contributed by atoms with van der Waals surface area (Å²) in [5, 5.41) is 4.04. The third-order valence-electron chi connectivity index (χ3n) is 2.54. The van der Waals surface area contributed by atoms with E-state index in [2.05, 4.69) is 10.3 Å². The topological polar surface area (TPSA) is 56.1 Å². The molecule has 0 radical (unpaired) electrons. The predicted octanol–water partition coefficient (Wildman–Crippen LogP) is 2.81. The van der Waals surface area contributed by atoms with Crippen molar-refractivity contribution >= 4 is 35.0 Å². The maximum Gasteiger partial charge on any atom is 0.234 e. The molecule has 0 bridgehead atoms. The lowest BCUT2D eigenvalue weighted by Crippen LogP contribution is -2.14. The van der Waals surface area contributed by atoms with Gasteiger partial charge < -0.3 is 14.6 Å². The number of imidazole rings is 1. The van der Waals surface area contributed by atoms with Crippen LogP contribution in [0.25, 0.3) is 0 Å². The number of ether oxygens (including phenoxy) is 1. The van der Waals surface area contributed by atoms with Crippen LogP contribution in [0.3, 0.4) is 0 Å². The molecule has 0 aliphatic carbocycles. The van der Waals surface area contributed by atoms with E-state index in [-0.39, 0.29) is 11.7 Å². The number of amides is 1. The van der Waals surface area contributed by atoms with E-state index in [9.17, 15) is 4.79 Å². The predicted molar refractivity (Wildman–Crippen MR) is 80.6 cm³/mol. The van der Waals surface area contributed by atoms with Crippen molar-refractivity contribution < 1.29 is 9.53 Å². The third kappa shape index (κ3) is 3.68. The van der Waals surface area contributed by atoms with Crippen molar-refractivity contribution in [3.63, 3.8) is 0 Å². The number of rotatable bonds is 5. The first-order valence-electron chi connectivity index (χ1n) is 5.83. The highest BCUT2D eigenvalue weighted by molar-refractivity contribution is 7.99. The number of hydrogen-bond acceptors (Lipinski definition) is 4. The SMILES string of the molecule is COc1ccc(NC(=O)CSc2nccn2C)cc1Cl. The Labute approximate surface area is 126 Å². The number of nitrogens with one attached hydrogen (secondary N) is 1. The smallest absolute Gasteiger partial charge is 0.234 e. The van der Waals surface area contributed by atoms with Gasteiger partial charge in [-0.05, 0) is 18.2 Å². The standard InChI is InChI=1S/C13H14ClN3O2S/c1-17-6-5-15-13(17)20-8-12(18)16-9-3-4-11(19-2)10(14)7-9/h3-7H,8H2,1-2H3,(H,16,18). The summed E-state index contributed by atoms with van der Waals surface area (Å²) in [4.78, 5) is 16.0. The average molecular weight is 312 g/mol. The Hall–Kier alpha value is -1.66. The maximum absolute atomic E-state index is 11.8. The summed E-state index contributed by atoms with van der Waals surface area (Å²) >= 11 is 7.37. The van der Waals surface area contributed by atoms with Gasteiger partial charge in [0.15, 0.2) is 5.16 Å². The number of methoxy groups -OCH3 is 1. The summed E-state index contributed by atoms with van der Waals surface area (Å²) in [6, 6.07) is 5.11. The van der Waals surface area contributed by atoms with Crippen molar-refractivity contribution in [1.29, 1.82) is 0 Å². The second-order valence-corrected chi connectivity index (χ2v) is 5.36. The van der Waals surface area contributed by atoms with Gasteiger partial charge in [-0.25, -0.2) is 4.98 Å². The van der Waals surface area contributed by atoms with Gasteiger partial charge in [-0.15, -0.1) is 0 Å². The van der Waals surface area contributed by atoms with Crippen molar-refractivity contribution in [3.05, 3.63) is 35.6 Å². The monoisotopic (exact) mass is 311 g/mol. The summed E-state index contributed by atoms with van der Waals surface area (Å²) < 4.78 is 6.92. The van der Waals surface area contributed by atoms with E-state index in [0.717, 1.165) is 5.16 Å². The number of carbonyl (C=O) groups is 1. The molecule has 1 aromatic carbocycles. The van der Waals surface area contributed by atoms with Crippen LogP contribution in [0.15, 0.2) is 35.7 Å². The van der Waals surface area contributed by atoms with E-state index in [1.807, 2.05) is 17.8 Å².